The third kappa shape index (κ3) is 3.21. The lowest BCUT2D eigenvalue weighted by Crippen LogP contribution is -2.17. The van der Waals surface area contributed by atoms with Crippen molar-refractivity contribution in [1.82, 2.24) is 9.38 Å². The third-order valence-electron chi connectivity index (χ3n) is 4.14. The number of nitro benzene ring substituents is 1. The molecule has 3 rings (SSSR count). The Morgan fingerprint density at radius 3 is 2.81 bits per heavy atom. The second-order valence-electron chi connectivity index (χ2n) is 5.90. The molecule has 0 fully saturated rings. The highest BCUT2D eigenvalue weighted by molar-refractivity contribution is 5.94. The number of carbonyl (C=O) groups excluding carboxylic acids is 1. The molecule has 0 bridgehead atoms. The van der Waals surface area contributed by atoms with Gasteiger partial charge in [-0.2, -0.15) is 0 Å². The topological polar surface area (TPSA) is 98.8 Å². The van der Waals surface area contributed by atoms with E-state index in [2.05, 4.69) is 10.3 Å². The Balaban J connectivity index is 1.88. The van der Waals surface area contributed by atoms with Crippen LogP contribution in [0.3, 0.4) is 0 Å². The molecule has 0 saturated carbocycles. The Kier molecular flexibility index (Phi) is 4.57. The smallest absolute Gasteiger partial charge is 0.271 e. The summed E-state index contributed by atoms with van der Waals surface area (Å²) in [7, 11) is 1.44. The molecule has 0 radical (unpaired) electrons. The van der Waals surface area contributed by atoms with Crippen LogP contribution in [0.4, 0.5) is 11.4 Å². The zero-order chi connectivity index (χ0) is 18.8. The molecule has 0 unspecified atom stereocenters. The van der Waals surface area contributed by atoms with Gasteiger partial charge in [0, 0.05) is 18.3 Å². The monoisotopic (exact) mass is 354 g/mol. The van der Waals surface area contributed by atoms with Crippen molar-refractivity contribution < 1.29 is 14.5 Å². The number of aromatic nitrogens is 2. The van der Waals surface area contributed by atoms with Gasteiger partial charge in [-0.05, 0) is 31.5 Å². The second-order valence-corrected chi connectivity index (χ2v) is 5.90. The number of hydrogen-bond donors (Lipinski definition) is 1. The summed E-state index contributed by atoms with van der Waals surface area (Å²) in [5.41, 5.74) is 3.49. The van der Waals surface area contributed by atoms with Gasteiger partial charge >= 0.3 is 0 Å². The van der Waals surface area contributed by atoms with Crippen LogP contribution >= 0.6 is 0 Å². The van der Waals surface area contributed by atoms with Crippen molar-refractivity contribution in [1.29, 1.82) is 0 Å². The van der Waals surface area contributed by atoms with Crippen molar-refractivity contribution in [2.45, 2.75) is 20.3 Å². The van der Waals surface area contributed by atoms with E-state index in [9.17, 15) is 14.9 Å². The Morgan fingerprint density at radius 1 is 1.35 bits per heavy atom. The molecule has 0 spiro atoms. The van der Waals surface area contributed by atoms with Gasteiger partial charge < -0.3 is 14.5 Å². The molecule has 1 N–H and O–H groups in total. The number of carbonyl (C=O) groups is 1. The molecule has 134 valence electrons. The van der Waals surface area contributed by atoms with E-state index in [-0.39, 0.29) is 23.7 Å². The van der Waals surface area contributed by atoms with E-state index >= 15 is 0 Å². The quantitative estimate of drug-likeness (QED) is 0.561. The Bertz CT molecular complexity index is 1010. The molecule has 0 atom stereocenters. The average Bonchev–Trinajstić information content (AvgIpc) is 2.92. The number of fused-ring (bicyclic) bond motifs is 1. The minimum Gasteiger partial charge on any atom is -0.495 e. The van der Waals surface area contributed by atoms with Crippen LogP contribution in [0.1, 0.15) is 17.0 Å². The van der Waals surface area contributed by atoms with Crippen molar-refractivity contribution in [2.75, 3.05) is 12.4 Å². The van der Waals surface area contributed by atoms with Gasteiger partial charge in [-0.1, -0.05) is 6.07 Å². The van der Waals surface area contributed by atoms with Gasteiger partial charge in [0.1, 0.15) is 11.4 Å². The van der Waals surface area contributed by atoms with E-state index in [0.717, 1.165) is 22.6 Å². The fourth-order valence-corrected chi connectivity index (χ4v) is 2.83. The fourth-order valence-electron chi connectivity index (χ4n) is 2.83. The molecule has 1 aromatic carbocycles. The van der Waals surface area contributed by atoms with Crippen molar-refractivity contribution in [3.05, 3.63) is 63.6 Å². The van der Waals surface area contributed by atoms with Gasteiger partial charge in [0.15, 0.2) is 0 Å². The molecule has 8 nitrogen and oxygen atoms in total. The predicted octanol–water partition coefficient (Wildman–Crippen LogP) is 3.05. The van der Waals surface area contributed by atoms with Crippen molar-refractivity contribution in [2.24, 2.45) is 0 Å². The third-order valence-corrected chi connectivity index (χ3v) is 4.14. The molecule has 1 amide bonds. The summed E-state index contributed by atoms with van der Waals surface area (Å²) in [6, 6.07) is 7.92. The van der Waals surface area contributed by atoms with Crippen LogP contribution in [0.25, 0.3) is 5.65 Å². The number of nitro groups is 1. The first-order valence-corrected chi connectivity index (χ1v) is 7.96. The van der Waals surface area contributed by atoms with Crippen LogP contribution in [-0.4, -0.2) is 27.3 Å². The lowest BCUT2D eigenvalue weighted by atomic mass is 10.2. The molecule has 0 aliphatic carbocycles. The van der Waals surface area contributed by atoms with Gasteiger partial charge in [-0.3, -0.25) is 14.9 Å². The number of amides is 1. The molecule has 26 heavy (non-hydrogen) atoms. The summed E-state index contributed by atoms with van der Waals surface area (Å²) in [5, 5.41) is 13.7. The van der Waals surface area contributed by atoms with Gasteiger partial charge in [-0.15, -0.1) is 0 Å². The maximum Gasteiger partial charge on any atom is 0.271 e. The van der Waals surface area contributed by atoms with Crippen molar-refractivity contribution in [3.8, 4) is 5.75 Å². The van der Waals surface area contributed by atoms with E-state index in [0.29, 0.717) is 5.75 Å². The molecular formula is C18H18N4O4. The van der Waals surface area contributed by atoms with Crippen LogP contribution in [0, 0.1) is 24.0 Å². The van der Waals surface area contributed by atoms with E-state index in [1.807, 2.05) is 36.6 Å². The first-order valence-electron chi connectivity index (χ1n) is 7.96. The number of nitrogens with zero attached hydrogens (tertiary/aromatic N) is 3. The van der Waals surface area contributed by atoms with Crippen LogP contribution < -0.4 is 10.1 Å². The largest absolute Gasteiger partial charge is 0.495 e. The van der Waals surface area contributed by atoms with E-state index in [1.165, 1.54) is 25.3 Å². The predicted molar refractivity (Wildman–Crippen MR) is 96.6 cm³/mol. The molecule has 3 aromatic rings. The molecule has 0 saturated heterocycles. The number of methoxy groups -OCH3 is 1. The van der Waals surface area contributed by atoms with Crippen LogP contribution in [0.15, 0.2) is 36.5 Å². The summed E-state index contributed by atoms with van der Waals surface area (Å²) in [4.78, 5) is 27.5. The lowest BCUT2D eigenvalue weighted by Gasteiger charge is -2.10. The minimum absolute atomic E-state index is 0.0856. The van der Waals surface area contributed by atoms with E-state index in [4.69, 9.17) is 4.74 Å². The van der Waals surface area contributed by atoms with Crippen molar-refractivity contribution in [3.63, 3.8) is 0 Å². The van der Waals surface area contributed by atoms with Crippen LogP contribution in [-0.2, 0) is 11.2 Å². The van der Waals surface area contributed by atoms with E-state index < -0.39 is 4.92 Å². The number of hydrogen-bond acceptors (Lipinski definition) is 5. The number of aryl methyl sites for hydroxylation is 2. The highest BCUT2D eigenvalue weighted by atomic mass is 16.6. The van der Waals surface area contributed by atoms with Gasteiger partial charge in [-0.25, -0.2) is 4.98 Å². The van der Waals surface area contributed by atoms with Crippen molar-refractivity contribution >= 4 is 22.9 Å². The molecular weight excluding hydrogens is 336 g/mol. The first kappa shape index (κ1) is 17.4. The molecule has 0 aliphatic rings. The van der Waals surface area contributed by atoms with Gasteiger partial charge in [0.05, 0.1) is 35.5 Å². The molecule has 0 aliphatic heterocycles. The maximum atomic E-state index is 12.5. The molecule has 2 heterocycles. The second kappa shape index (κ2) is 6.83. The average molecular weight is 354 g/mol. The normalized spacial score (nSPS) is 10.7. The lowest BCUT2D eigenvalue weighted by molar-refractivity contribution is -0.384. The van der Waals surface area contributed by atoms with Crippen LogP contribution in [0.2, 0.25) is 0 Å². The summed E-state index contributed by atoms with van der Waals surface area (Å²) >= 11 is 0. The number of ether oxygens (including phenoxy) is 1. The summed E-state index contributed by atoms with van der Waals surface area (Å²) in [6.07, 6.45) is 1.95. The molecule has 8 heteroatoms. The van der Waals surface area contributed by atoms with E-state index in [1.54, 1.807) is 0 Å². The number of pyridine rings is 1. The Hall–Kier alpha value is -3.42. The number of non-ortho nitro benzene ring substituents is 1. The standard InChI is InChI=1S/C18H18N4O4/c1-11-5-4-8-21-15(12(2)19-18(11)21)10-17(23)20-14-9-13(22(24)25)6-7-16(14)26-3/h4-9H,10H2,1-3H3,(H,20,23). The number of imidazole rings is 1. The number of rotatable bonds is 5. The zero-order valence-corrected chi connectivity index (χ0v) is 14.6. The molecule has 2 aromatic heterocycles. The van der Waals surface area contributed by atoms with Gasteiger partial charge in [0.2, 0.25) is 5.91 Å². The highest BCUT2D eigenvalue weighted by Crippen LogP contribution is 2.29. The summed E-state index contributed by atoms with van der Waals surface area (Å²) in [6.45, 7) is 3.81. The van der Waals surface area contributed by atoms with Crippen LogP contribution in [0.5, 0.6) is 5.75 Å². The number of anilines is 1. The maximum absolute atomic E-state index is 12.5. The zero-order valence-electron chi connectivity index (χ0n) is 14.6. The number of nitrogens with one attached hydrogen (secondary N) is 1. The number of benzene rings is 1. The Labute approximate surface area is 149 Å². The minimum atomic E-state index is -0.521. The Morgan fingerprint density at radius 2 is 2.12 bits per heavy atom. The first-order chi connectivity index (χ1) is 12.4. The fraction of sp³-hybridized carbons (Fsp3) is 0.222. The summed E-state index contributed by atoms with van der Waals surface area (Å²) in [5.74, 6) is 0.0462. The summed E-state index contributed by atoms with van der Waals surface area (Å²) < 4.78 is 7.05. The highest BCUT2D eigenvalue weighted by Gasteiger charge is 2.17. The SMILES string of the molecule is COc1ccc([N+](=O)[O-])cc1NC(=O)Cc1c(C)nc2c(C)cccn12. The van der Waals surface area contributed by atoms with Gasteiger partial charge in [0.25, 0.3) is 5.69 Å².